The molecule has 1 fully saturated rings. The van der Waals surface area contributed by atoms with Gasteiger partial charge in [-0.15, -0.1) is 0 Å². The van der Waals surface area contributed by atoms with E-state index in [9.17, 15) is 0 Å². The second-order valence-electron chi connectivity index (χ2n) is 6.69. The summed E-state index contributed by atoms with van der Waals surface area (Å²) in [5, 5.41) is 0. The summed E-state index contributed by atoms with van der Waals surface area (Å²) in [6.45, 7) is 2.66. The lowest BCUT2D eigenvalue weighted by molar-refractivity contribution is 0.163. The summed E-state index contributed by atoms with van der Waals surface area (Å²) in [5.74, 6) is 0.505. The van der Waals surface area contributed by atoms with Gasteiger partial charge in [-0.3, -0.25) is 10.9 Å². The van der Waals surface area contributed by atoms with Gasteiger partial charge in [0.1, 0.15) is 0 Å². The Labute approximate surface area is 139 Å². The highest BCUT2D eigenvalue weighted by Gasteiger charge is 2.39. The van der Waals surface area contributed by atoms with E-state index >= 15 is 0 Å². The topological polar surface area (TPSA) is 50.1 Å². The average Bonchev–Trinajstić information content (AvgIpc) is 2.79. The van der Waals surface area contributed by atoms with E-state index in [-0.39, 0.29) is 5.41 Å². The van der Waals surface area contributed by atoms with Gasteiger partial charge in [-0.05, 0) is 48.3 Å². The van der Waals surface area contributed by atoms with E-state index in [4.69, 9.17) is 5.73 Å². The smallest absolute Gasteiger partial charge is 0.0166 e. The van der Waals surface area contributed by atoms with Crippen LogP contribution >= 0.6 is 0 Å². The number of hydrazine groups is 1. The Balaban J connectivity index is 1.93. The van der Waals surface area contributed by atoms with Crippen LogP contribution in [-0.2, 0) is 12.8 Å². The van der Waals surface area contributed by atoms with Crippen LogP contribution in [0.4, 0.5) is 0 Å². The van der Waals surface area contributed by atoms with E-state index in [0.717, 1.165) is 38.9 Å². The zero-order chi connectivity index (χ0) is 16.0. The van der Waals surface area contributed by atoms with Crippen LogP contribution in [0.5, 0.6) is 0 Å². The third kappa shape index (κ3) is 3.99. The number of benzene rings is 2. The molecule has 1 heterocycles. The number of rotatable bonds is 5. The molecule has 3 nitrogen and oxygen atoms in total. The molecule has 0 radical (unpaired) electrons. The number of hydrogen-bond acceptors (Lipinski definition) is 3. The molecule has 0 aromatic heterocycles. The third-order valence-corrected chi connectivity index (χ3v) is 5.13. The van der Waals surface area contributed by atoms with Crippen molar-refractivity contribution in [2.24, 2.45) is 17.1 Å². The second-order valence-corrected chi connectivity index (χ2v) is 6.69. The molecule has 1 aliphatic heterocycles. The van der Waals surface area contributed by atoms with Gasteiger partial charge in [0, 0.05) is 13.1 Å². The van der Waals surface area contributed by atoms with E-state index in [1.807, 2.05) is 0 Å². The number of hydrogen-bond donors (Lipinski definition) is 3. The predicted molar refractivity (Wildman–Crippen MR) is 95.9 cm³/mol. The average molecular weight is 309 g/mol. The minimum Gasteiger partial charge on any atom is -0.330 e. The van der Waals surface area contributed by atoms with Crippen molar-refractivity contribution in [1.82, 2.24) is 10.9 Å². The standard InChI is InChI=1S/C20H27N3/c21-15-19-11-12-22-23-16-20(19,13-17-7-3-1-4-8-17)14-18-9-5-2-6-10-18/h1-10,19,22-23H,11-16,21H2. The van der Waals surface area contributed by atoms with Crippen LogP contribution in [-0.4, -0.2) is 19.6 Å². The first-order valence-corrected chi connectivity index (χ1v) is 8.56. The molecule has 0 amide bonds. The van der Waals surface area contributed by atoms with E-state index in [1.165, 1.54) is 11.1 Å². The Morgan fingerprint density at radius 2 is 1.43 bits per heavy atom. The summed E-state index contributed by atoms with van der Waals surface area (Å²) in [6.07, 6.45) is 3.22. The van der Waals surface area contributed by atoms with Crippen molar-refractivity contribution < 1.29 is 0 Å². The van der Waals surface area contributed by atoms with Gasteiger partial charge in [-0.1, -0.05) is 60.7 Å². The molecule has 0 saturated carbocycles. The van der Waals surface area contributed by atoms with Crippen molar-refractivity contribution in [1.29, 1.82) is 0 Å². The van der Waals surface area contributed by atoms with Gasteiger partial charge in [-0.25, -0.2) is 0 Å². The van der Waals surface area contributed by atoms with Crippen molar-refractivity contribution in [3.05, 3.63) is 71.8 Å². The maximum atomic E-state index is 6.20. The van der Waals surface area contributed by atoms with Crippen LogP contribution in [0.15, 0.2) is 60.7 Å². The van der Waals surface area contributed by atoms with E-state index in [2.05, 4.69) is 71.5 Å². The molecule has 0 spiro atoms. The summed E-state index contributed by atoms with van der Waals surface area (Å²) < 4.78 is 0. The fraction of sp³-hybridized carbons (Fsp3) is 0.400. The summed E-state index contributed by atoms with van der Waals surface area (Å²) >= 11 is 0. The van der Waals surface area contributed by atoms with Crippen LogP contribution in [0.1, 0.15) is 17.5 Å². The molecule has 122 valence electrons. The minimum atomic E-state index is 0.140. The molecule has 2 aromatic rings. The molecule has 1 saturated heterocycles. The summed E-state index contributed by atoms with van der Waals surface area (Å²) in [7, 11) is 0. The van der Waals surface area contributed by atoms with Gasteiger partial charge in [-0.2, -0.15) is 0 Å². The third-order valence-electron chi connectivity index (χ3n) is 5.13. The van der Waals surface area contributed by atoms with Crippen molar-refractivity contribution >= 4 is 0 Å². The summed E-state index contributed by atoms with van der Waals surface area (Å²) in [4.78, 5) is 0. The zero-order valence-corrected chi connectivity index (χ0v) is 13.7. The van der Waals surface area contributed by atoms with Crippen LogP contribution < -0.4 is 16.6 Å². The Hall–Kier alpha value is -1.68. The first kappa shape index (κ1) is 16.2. The maximum Gasteiger partial charge on any atom is 0.0166 e. The van der Waals surface area contributed by atoms with Gasteiger partial charge >= 0.3 is 0 Å². The zero-order valence-electron chi connectivity index (χ0n) is 13.7. The Bertz CT molecular complexity index is 541. The fourth-order valence-corrected chi connectivity index (χ4v) is 3.87. The van der Waals surface area contributed by atoms with Gasteiger partial charge < -0.3 is 5.73 Å². The molecule has 0 bridgehead atoms. The molecule has 3 heteroatoms. The Morgan fingerprint density at radius 1 is 0.870 bits per heavy atom. The molecular formula is C20H27N3. The molecule has 1 atom stereocenters. The minimum absolute atomic E-state index is 0.140. The van der Waals surface area contributed by atoms with E-state index in [0.29, 0.717) is 5.92 Å². The number of nitrogens with two attached hydrogens (primary N) is 1. The first-order chi connectivity index (χ1) is 11.3. The number of nitrogens with one attached hydrogen (secondary N) is 2. The fourth-order valence-electron chi connectivity index (χ4n) is 3.87. The first-order valence-electron chi connectivity index (χ1n) is 8.56. The molecule has 23 heavy (non-hydrogen) atoms. The molecule has 2 aromatic carbocycles. The van der Waals surface area contributed by atoms with E-state index in [1.54, 1.807) is 0 Å². The molecule has 3 rings (SSSR count). The van der Waals surface area contributed by atoms with Crippen molar-refractivity contribution in [2.75, 3.05) is 19.6 Å². The lowest BCUT2D eigenvalue weighted by Crippen LogP contribution is -2.46. The van der Waals surface area contributed by atoms with E-state index < -0.39 is 0 Å². The van der Waals surface area contributed by atoms with Crippen molar-refractivity contribution in [3.63, 3.8) is 0 Å². The van der Waals surface area contributed by atoms with Crippen LogP contribution in [0, 0.1) is 11.3 Å². The molecule has 1 aliphatic rings. The SMILES string of the molecule is NCC1CCNNCC1(Cc1ccccc1)Cc1ccccc1. The summed E-state index contributed by atoms with van der Waals surface area (Å²) in [6, 6.07) is 21.6. The monoisotopic (exact) mass is 309 g/mol. The maximum absolute atomic E-state index is 6.20. The van der Waals surface area contributed by atoms with Crippen LogP contribution in [0.3, 0.4) is 0 Å². The second kappa shape index (κ2) is 7.73. The highest BCUT2D eigenvalue weighted by atomic mass is 15.4. The molecule has 4 N–H and O–H groups in total. The molecule has 0 aliphatic carbocycles. The van der Waals surface area contributed by atoms with Crippen LogP contribution in [0.25, 0.3) is 0 Å². The van der Waals surface area contributed by atoms with Gasteiger partial charge in [0.2, 0.25) is 0 Å². The van der Waals surface area contributed by atoms with Crippen LogP contribution in [0.2, 0.25) is 0 Å². The van der Waals surface area contributed by atoms with Gasteiger partial charge in [0.15, 0.2) is 0 Å². The predicted octanol–water partition coefficient (Wildman–Crippen LogP) is 2.53. The Kier molecular flexibility index (Phi) is 5.44. The quantitative estimate of drug-likeness (QED) is 0.795. The summed E-state index contributed by atoms with van der Waals surface area (Å²) in [5.41, 5.74) is 15.9. The Morgan fingerprint density at radius 3 is 1.96 bits per heavy atom. The molecular weight excluding hydrogens is 282 g/mol. The van der Waals surface area contributed by atoms with Crippen molar-refractivity contribution in [2.45, 2.75) is 19.3 Å². The lowest BCUT2D eigenvalue weighted by Gasteiger charge is -2.40. The lowest BCUT2D eigenvalue weighted by atomic mass is 9.66. The highest BCUT2D eigenvalue weighted by Crippen LogP contribution is 2.37. The van der Waals surface area contributed by atoms with Crippen molar-refractivity contribution in [3.8, 4) is 0 Å². The largest absolute Gasteiger partial charge is 0.330 e. The van der Waals surface area contributed by atoms with Gasteiger partial charge in [0.25, 0.3) is 0 Å². The molecule has 1 unspecified atom stereocenters. The van der Waals surface area contributed by atoms with Gasteiger partial charge in [0.05, 0.1) is 0 Å². The normalized spacial score (nSPS) is 20.8. The highest BCUT2D eigenvalue weighted by molar-refractivity contribution is 5.22.